The van der Waals surface area contributed by atoms with Gasteiger partial charge >= 0.3 is 20.3 Å². The van der Waals surface area contributed by atoms with Crippen LogP contribution < -0.4 is 45.7 Å². The van der Waals surface area contributed by atoms with Crippen LogP contribution in [0.1, 0.15) is 20.7 Å². The number of ether oxygens (including phenoxy) is 4. The Labute approximate surface area is 360 Å². The number of nitrogens with one attached hydrogen (secondary N) is 2. The van der Waals surface area contributed by atoms with Gasteiger partial charge in [-0.05, 0) is 54.6 Å². The molecule has 0 spiro atoms. The van der Waals surface area contributed by atoms with E-state index in [9.17, 15) is 35.9 Å². The minimum absolute atomic E-state index is 0.0227. The van der Waals surface area contributed by atoms with Gasteiger partial charge in [-0.1, -0.05) is 59.1 Å². The molecule has 319 valence electrons. The number of hydrogen-bond donors (Lipinski definition) is 5. The molecule has 2 aliphatic heterocycles. The number of aromatic nitrogens is 2. The van der Waals surface area contributed by atoms with Crippen molar-refractivity contribution in [2.45, 2.75) is 12.6 Å². The standard InChI is InChI=1S/C19H11Cl2F2N3O3.C12H10BFN3O3.C7H2ClF3O2/c20-12-4-2-1-3-10(12)18(27)26-16-6-5-9(17(24)25-16)11-7-14-15(8-13(11)21)29-19(22,23)28-14;14-8-4-2-1-3-7(8)12(18)17-10-6-5-9(20-13-19)11(15)16-10;8-3-1-5-6(2-4(3)9)13-7(10,11)12-5/h1-8H,(H3,24,25,26,27);1-6,19H,(H3,15,16,17,18);1-2H. The van der Waals surface area contributed by atoms with Crippen LogP contribution >= 0.6 is 34.8 Å². The number of nitrogens with zero attached hydrogens (tertiary/aromatic N) is 2. The van der Waals surface area contributed by atoms with Crippen LogP contribution in [-0.2, 0) is 0 Å². The Morgan fingerprint density at radius 3 is 1.68 bits per heavy atom. The normalized spacial score (nSPS) is 13.4. The van der Waals surface area contributed by atoms with Crippen LogP contribution in [0.3, 0.4) is 0 Å². The number of anilines is 4. The highest BCUT2D eigenvalue weighted by Crippen LogP contribution is 2.47. The van der Waals surface area contributed by atoms with Crippen molar-refractivity contribution in [1.29, 1.82) is 0 Å². The summed E-state index contributed by atoms with van der Waals surface area (Å²) in [5.41, 5.74) is 12.4. The van der Waals surface area contributed by atoms with Gasteiger partial charge in [0, 0.05) is 29.3 Å². The maximum Gasteiger partial charge on any atom is 0.586 e. The first-order chi connectivity index (χ1) is 29.3. The molecule has 6 aromatic rings. The summed E-state index contributed by atoms with van der Waals surface area (Å²) in [7, 11) is 0.463. The Hall–Kier alpha value is -6.81. The number of pyridine rings is 2. The van der Waals surface area contributed by atoms with Crippen molar-refractivity contribution in [2.24, 2.45) is 0 Å². The summed E-state index contributed by atoms with van der Waals surface area (Å²) in [5.74, 6) is -3.09. The lowest BCUT2D eigenvalue weighted by atomic mass is 10.1. The second-order valence-corrected chi connectivity index (χ2v) is 13.3. The number of carbonyl (C=O) groups is 2. The van der Waals surface area contributed by atoms with E-state index in [2.05, 4.69) is 44.2 Å². The van der Waals surface area contributed by atoms with Crippen molar-refractivity contribution < 1.29 is 64.6 Å². The molecule has 2 amide bonds. The first-order valence-electron chi connectivity index (χ1n) is 16.9. The number of alkyl halides is 4. The van der Waals surface area contributed by atoms with Crippen molar-refractivity contribution in [3.05, 3.63) is 135 Å². The molecule has 0 bridgehead atoms. The quantitative estimate of drug-likeness (QED) is 0.0753. The molecular weight excluding hydrogens is 900 g/mol. The lowest BCUT2D eigenvalue weighted by Crippen LogP contribution is -2.25. The van der Waals surface area contributed by atoms with Crippen LogP contribution in [0.2, 0.25) is 15.1 Å². The Bertz CT molecular complexity index is 2660. The number of benzene rings is 4. The molecule has 14 nitrogen and oxygen atoms in total. The highest BCUT2D eigenvalue weighted by atomic mass is 35.5. The zero-order valence-corrected chi connectivity index (χ0v) is 32.8. The summed E-state index contributed by atoms with van der Waals surface area (Å²) < 4.78 is 98.9. The monoisotopic (exact) mass is 921 g/mol. The average molecular weight is 923 g/mol. The van der Waals surface area contributed by atoms with E-state index in [1.807, 2.05) is 0 Å². The van der Waals surface area contributed by atoms with Crippen LogP contribution in [0, 0.1) is 11.6 Å². The smallest absolute Gasteiger partial charge is 0.535 e. The van der Waals surface area contributed by atoms with E-state index in [0.717, 1.165) is 12.1 Å². The first-order valence-corrected chi connectivity index (χ1v) is 18.1. The van der Waals surface area contributed by atoms with Crippen LogP contribution in [0.4, 0.5) is 49.6 Å². The summed E-state index contributed by atoms with van der Waals surface area (Å²) >= 11 is 17.5. The Kier molecular flexibility index (Phi) is 13.3. The molecule has 2 aromatic heterocycles. The number of halogens is 9. The van der Waals surface area contributed by atoms with E-state index < -0.39 is 36.0 Å². The maximum atomic E-state index is 13.4. The molecule has 4 heterocycles. The van der Waals surface area contributed by atoms with E-state index in [1.54, 1.807) is 36.4 Å². The van der Waals surface area contributed by atoms with Gasteiger partial charge in [-0.2, -0.15) is 0 Å². The molecule has 24 heteroatoms. The van der Waals surface area contributed by atoms with Crippen LogP contribution in [0.15, 0.2) is 97.1 Å². The number of rotatable bonds is 7. The molecule has 0 saturated carbocycles. The molecule has 0 fully saturated rings. The SMILES string of the molecule is Fc1cc2c(cc1Cl)OC(F)(F)O2.Nc1nc(NC(=O)c2ccccc2Cl)ccc1-c1cc2c(cc1Cl)OC(F)(F)O2.Nc1nc(NC(=O)c2ccccc2F)ccc1O[B]O. The number of fused-ring (bicyclic) bond motifs is 2. The third-order valence-corrected chi connectivity index (χ3v) is 8.87. The molecule has 1 radical (unpaired) electrons. The molecule has 0 atom stereocenters. The molecular formula is C38H23BCl3F6N6O8. The molecule has 7 N–H and O–H groups in total. The molecule has 0 unspecified atom stereocenters. The third kappa shape index (κ3) is 10.7. The fourth-order valence-corrected chi connectivity index (χ4v) is 5.87. The maximum absolute atomic E-state index is 13.4. The molecule has 2 aliphatic rings. The summed E-state index contributed by atoms with van der Waals surface area (Å²) in [6.07, 6.45) is -7.50. The zero-order chi connectivity index (χ0) is 44.9. The lowest BCUT2D eigenvalue weighted by molar-refractivity contribution is -0.287. The van der Waals surface area contributed by atoms with Gasteiger partial charge in [0.05, 0.1) is 26.2 Å². The third-order valence-electron chi connectivity index (χ3n) is 7.94. The van der Waals surface area contributed by atoms with E-state index >= 15 is 0 Å². The summed E-state index contributed by atoms with van der Waals surface area (Å²) in [5, 5.41) is 13.6. The zero-order valence-electron chi connectivity index (χ0n) is 30.6. The molecule has 0 aliphatic carbocycles. The molecule has 62 heavy (non-hydrogen) atoms. The number of nitrogens with two attached hydrogens (primary N) is 2. The van der Waals surface area contributed by atoms with E-state index in [1.165, 1.54) is 48.5 Å². The van der Waals surface area contributed by atoms with E-state index in [4.69, 9.17) is 51.3 Å². The van der Waals surface area contributed by atoms with Gasteiger partial charge in [-0.15, -0.1) is 17.6 Å². The highest BCUT2D eigenvalue weighted by molar-refractivity contribution is 6.34. The highest BCUT2D eigenvalue weighted by Gasteiger charge is 2.45. The van der Waals surface area contributed by atoms with Crippen LogP contribution in [0.5, 0.6) is 28.7 Å². The Morgan fingerprint density at radius 1 is 0.613 bits per heavy atom. The van der Waals surface area contributed by atoms with Gasteiger partial charge in [0.1, 0.15) is 34.8 Å². The second-order valence-electron chi connectivity index (χ2n) is 12.1. The number of hydrogen-bond acceptors (Lipinski definition) is 12. The predicted molar refractivity (Wildman–Crippen MR) is 214 cm³/mol. The fourth-order valence-electron chi connectivity index (χ4n) is 5.24. The fraction of sp³-hybridized carbons (Fsp3) is 0.0526. The number of nitrogen functional groups attached to an aromatic ring is 2. The lowest BCUT2D eigenvalue weighted by Gasteiger charge is -2.11. The Balaban J connectivity index is 0.000000168. The minimum Gasteiger partial charge on any atom is -0.535 e. The van der Waals surface area contributed by atoms with Crippen molar-refractivity contribution >= 4 is 77.6 Å². The summed E-state index contributed by atoms with van der Waals surface area (Å²) in [4.78, 5) is 32.2. The predicted octanol–water partition coefficient (Wildman–Crippen LogP) is 8.97. The minimum atomic E-state index is -3.76. The van der Waals surface area contributed by atoms with Gasteiger partial charge in [-0.25, -0.2) is 18.7 Å². The molecule has 8 rings (SSSR count). The first kappa shape index (κ1) is 44.7. The largest absolute Gasteiger partial charge is 0.586 e. The summed E-state index contributed by atoms with van der Waals surface area (Å²) in [6.45, 7) is 0. The van der Waals surface area contributed by atoms with Crippen molar-refractivity contribution in [3.63, 3.8) is 0 Å². The molecule has 0 saturated heterocycles. The van der Waals surface area contributed by atoms with Gasteiger partial charge in [-0.3, -0.25) is 9.59 Å². The van der Waals surface area contributed by atoms with Crippen molar-refractivity contribution in [1.82, 2.24) is 9.97 Å². The van der Waals surface area contributed by atoms with E-state index in [0.29, 0.717) is 23.8 Å². The van der Waals surface area contributed by atoms with Gasteiger partial charge in [0.25, 0.3) is 11.8 Å². The number of carbonyl (C=O) groups excluding carboxylic acids is 2. The summed E-state index contributed by atoms with van der Waals surface area (Å²) in [6, 6.07) is 22.2. The Morgan fingerprint density at radius 2 is 1.11 bits per heavy atom. The van der Waals surface area contributed by atoms with Crippen molar-refractivity contribution in [2.75, 3.05) is 22.1 Å². The van der Waals surface area contributed by atoms with Gasteiger partial charge in [0.2, 0.25) is 0 Å². The second kappa shape index (κ2) is 18.4. The van der Waals surface area contributed by atoms with E-state index in [-0.39, 0.29) is 73.2 Å². The number of amides is 2. The van der Waals surface area contributed by atoms with Gasteiger partial charge in [0.15, 0.2) is 28.8 Å². The van der Waals surface area contributed by atoms with Crippen LogP contribution in [0.25, 0.3) is 11.1 Å². The van der Waals surface area contributed by atoms with Gasteiger partial charge < -0.3 is 50.7 Å². The topological polar surface area (TPSA) is 202 Å². The van der Waals surface area contributed by atoms with Crippen LogP contribution in [-0.4, -0.2) is 47.1 Å². The molecule has 4 aromatic carbocycles. The van der Waals surface area contributed by atoms with Crippen molar-refractivity contribution in [3.8, 4) is 39.9 Å². The average Bonchev–Trinajstić information content (AvgIpc) is 3.67.